The van der Waals surface area contributed by atoms with Crippen LogP contribution in [0.25, 0.3) is 0 Å². The maximum atomic E-state index is 12.3. The molecule has 0 amide bonds. The van der Waals surface area contributed by atoms with Gasteiger partial charge in [0, 0.05) is 0 Å². The minimum Gasteiger partial charge on any atom is -0.291 e. The second-order valence-corrected chi connectivity index (χ2v) is 8.33. The number of hydrogen-bond donors (Lipinski definition) is 0. The first-order valence-corrected chi connectivity index (χ1v) is 7.94. The summed E-state index contributed by atoms with van der Waals surface area (Å²) in [4.78, 5) is 16.3. The fourth-order valence-corrected chi connectivity index (χ4v) is 7.04. The third-order valence-corrected chi connectivity index (χ3v) is 9.34. The van der Waals surface area contributed by atoms with E-state index in [1.54, 1.807) is 0 Å². The van der Waals surface area contributed by atoms with E-state index in [9.17, 15) is 9.59 Å². The van der Waals surface area contributed by atoms with E-state index >= 15 is 0 Å². The summed E-state index contributed by atoms with van der Waals surface area (Å²) in [7, 11) is 0. The van der Waals surface area contributed by atoms with Gasteiger partial charge in [0.05, 0.1) is 10.1 Å². The first-order valence-electron chi connectivity index (χ1n) is 4.92. The Labute approximate surface area is 152 Å². The van der Waals surface area contributed by atoms with Crippen molar-refractivity contribution in [2.24, 2.45) is 0 Å². The Morgan fingerprint density at radius 3 is 1.05 bits per heavy atom. The molecule has 0 bridgehead atoms. The van der Waals surface area contributed by atoms with Crippen LogP contribution in [0.5, 0.6) is 0 Å². The molecule has 0 heterocycles. The molecule has 0 unspecified atom stereocenters. The monoisotopic (exact) mass is 432 g/mol. The summed E-state index contributed by atoms with van der Waals surface area (Å²) in [6.45, 7) is 0. The SMILES string of the molecule is O=C1C(Cl)=C(Cl)C2(Cl)C1(Cl)C1(Cl)C(Cl)=C(Cl)C(=O)C21Cl. The molecule has 0 atom stereocenters. The Morgan fingerprint density at radius 2 is 0.800 bits per heavy atom. The summed E-state index contributed by atoms with van der Waals surface area (Å²) in [5, 5.41) is -1.56. The Kier molecular flexibility index (Phi) is 3.17. The lowest BCUT2D eigenvalue weighted by atomic mass is 9.55. The topological polar surface area (TPSA) is 34.1 Å². The maximum absolute atomic E-state index is 12.3. The fourth-order valence-electron chi connectivity index (χ4n) is 2.92. The van der Waals surface area contributed by atoms with E-state index in [-0.39, 0.29) is 10.1 Å². The minimum absolute atomic E-state index is 0.351. The molecule has 20 heavy (non-hydrogen) atoms. The van der Waals surface area contributed by atoms with Gasteiger partial charge in [0.2, 0.25) is 11.6 Å². The van der Waals surface area contributed by atoms with Crippen LogP contribution in [-0.4, -0.2) is 31.1 Å². The molecule has 0 N–H and O–H groups in total. The number of fused-ring (bicyclic) bond motifs is 4. The van der Waals surface area contributed by atoms with Gasteiger partial charge in [-0.25, -0.2) is 0 Å². The summed E-state index contributed by atoms with van der Waals surface area (Å²) in [6.07, 6.45) is 0. The third-order valence-electron chi connectivity index (χ3n) is 3.91. The lowest BCUT2D eigenvalue weighted by Crippen LogP contribution is -2.88. The van der Waals surface area contributed by atoms with Crippen molar-refractivity contribution in [3.8, 4) is 0 Å². The number of allylic oxidation sites excluding steroid dienone is 4. The normalized spacial score (nSPS) is 50.6. The van der Waals surface area contributed by atoms with E-state index in [1.165, 1.54) is 0 Å². The molecule has 0 aromatic heterocycles. The minimum atomic E-state index is -2.09. The zero-order valence-electron chi connectivity index (χ0n) is 8.84. The Balaban J connectivity index is 2.42. The second-order valence-electron chi connectivity index (χ2n) is 4.55. The summed E-state index contributed by atoms with van der Waals surface area (Å²) < 4.78 is 0. The highest BCUT2D eigenvalue weighted by molar-refractivity contribution is 6.76. The number of halogens is 8. The van der Waals surface area contributed by atoms with Gasteiger partial charge in [-0.05, 0) is 0 Å². The van der Waals surface area contributed by atoms with Gasteiger partial charge in [0.1, 0.15) is 19.8 Å². The van der Waals surface area contributed by atoms with Gasteiger partial charge in [-0.15, -0.1) is 46.4 Å². The van der Waals surface area contributed by atoms with Crippen LogP contribution in [0.2, 0.25) is 0 Å². The number of ketones is 2. The highest BCUT2D eigenvalue weighted by Crippen LogP contribution is 2.82. The number of carbonyl (C=O) groups is 2. The molecule has 108 valence electrons. The van der Waals surface area contributed by atoms with E-state index in [4.69, 9.17) is 92.8 Å². The largest absolute Gasteiger partial charge is 0.291 e. The van der Waals surface area contributed by atoms with Crippen LogP contribution in [0.3, 0.4) is 0 Å². The standard InChI is InChI=1S/C10Cl8O2/c11-1-3(13)7(15)9(17,5(1)19)8(16)4(14)2(12)6(20)10(7,8)18. The zero-order chi connectivity index (χ0) is 15.5. The van der Waals surface area contributed by atoms with Gasteiger partial charge in [-0.3, -0.25) is 9.59 Å². The molecule has 0 aromatic carbocycles. The smallest absolute Gasteiger partial charge is 0.200 e. The maximum Gasteiger partial charge on any atom is 0.200 e. The first kappa shape index (κ1) is 16.0. The molecule has 0 saturated heterocycles. The summed E-state index contributed by atoms with van der Waals surface area (Å²) in [6, 6.07) is 0. The summed E-state index contributed by atoms with van der Waals surface area (Å²) in [5.74, 6) is -1.71. The number of rotatable bonds is 0. The molecule has 0 aliphatic heterocycles. The lowest BCUT2D eigenvalue weighted by Gasteiger charge is -2.65. The van der Waals surface area contributed by atoms with Crippen LogP contribution in [0.1, 0.15) is 0 Å². The molecule has 0 radical (unpaired) electrons. The first-order chi connectivity index (χ1) is 8.95. The highest BCUT2D eigenvalue weighted by Gasteiger charge is 2.98. The summed E-state index contributed by atoms with van der Waals surface area (Å²) >= 11 is 48.8. The van der Waals surface area contributed by atoms with E-state index < -0.39 is 41.1 Å². The average molecular weight is 436 g/mol. The Hall–Kier alpha value is 1.14. The molecule has 0 spiro atoms. The van der Waals surface area contributed by atoms with Crippen LogP contribution in [0.4, 0.5) is 0 Å². The highest BCUT2D eigenvalue weighted by atomic mass is 35.5. The molecule has 1 fully saturated rings. The third kappa shape index (κ3) is 1.06. The van der Waals surface area contributed by atoms with E-state index in [0.29, 0.717) is 0 Å². The molecule has 0 aromatic rings. The predicted octanol–water partition coefficient (Wildman–Crippen LogP) is 4.45. The molecule has 10 heteroatoms. The van der Waals surface area contributed by atoms with Gasteiger partial charge >= 0.3 is 0 Å². The van der Waals surface area contributed by atoms with Crippen molar-refractivity contribution in [2.75, 3.05) is 0 Å². The molecule has 1 saturated carbocycles. The van der Waals surface area contributed by atoms with Crippen molar-refractivity contribution in [2.45, 2.75) is 19.5 Å². The lowest BCUT2D eigenvalue weighted by molar-refractivity contribution is -0.126. The number of alkyl halides is 4. The van der Waals surface area contributed by atoms with Crippen molar-refractivity contribution in [1.29, 1.82) is 0 Å². The van der Waals surface area contributed by atoms with Crippen LogP contribution in [0, 0.1) is 0 Å². The molecule has 3 rings (SSSR count). The van der Waals surface area contributed by atoms with E-state index in [0.717, 1.165) is 0 Å². The number of hydrogen-bond acceptors (Lipinski definition) is 2. The zero-order valence-corrected chi connectivity index (χ0v) is 14.9. The van der Waals surface area contributed by atoms with Crippen LogP contribution in [0.15, 0.2) is 20.1 Å². The van der Waals surface area contributed by atoms with Crippen molar-refractivity contribution in [1.82, 2.24) is 0 Å². The van der Waals surface area contributed by atoms with E-state index in [1.807, 2.05) is 0 Å². The summed E-state index contributed by atoms with van der Waals surface area (Å²) in [5.41, 5.74) is 0. The van der Waals surface area contributed by atoms with Crippen molar-refractivity contribution < 1.29 is 9.59 Å². The number of Topliss-reactive ketones (excluding diaryl/α,β-unsaturated/α-hetero) is 2. The predicted molar refractivity (Wildman–Crippen MR) is 81.8 cm³/mol. The molecule has 3 aliphatic rings. The Morgan fingerprint density at radius 1 is 0.550 bits per heavy atom. The van der Waals surface area contributed by atoms with Crippen LogP contribution >= 0.6 is 92.8 Å². The Bertz CT molecular complexity index is 609. The van der Waals surface area contributed by atoms with Gasteiger partial charge < -0.3 is 0 Å². The fraction of sp³-hybridized carbons (Fsp3) is 0.400. The average Bonchev–Trinajstić information content (AvgIpc) is 2.64. The molecular formula is C10Cl8O2. The van der Waals surface area contributed by atoms with Crippen molar-refractivity contribution >= 4 is 104 Å². The molecule has 3 aliphatic carbocycles. The number of carbonyl (C=O) groups excluding carboxylic acids is 2. The van der Waals surface area contributed by atoms with E-state index in [2.05, 4.69) is 0 Å². The van der Waals surface area contributed by atoms with Gasteiger partial charge in [0.25, 0.3) is 0 Å². The van der Waals surface area contributed by atoms with Crippen LogP contribution < -0.4 is 0 Å². The van der Waals surface area contributed by atoms with Crippen LogP contribution in [-0.2, 0) is 9.59 Å². The van der Waals surface area contributed by atoms with Crippen molar-refractivity contribution in [3.05, 3.63) is 20.1 Å². The molecule has 2 nitrogen and oxygen atoms in total. The molecular weight excluding hydrogens is 436 g/mol. The quantitative estimate of drug-likeness (QED) is 0.527. The van der Waals surface area contributed by atoms with Crippen molar-refractivity contribution in [3.63, 3.8) is 0 Å². The van der Waals surface area contributed by atoms with Gasteiger partial charge in [-0.1, -0.05) is 46.4 Å². The van der Waals surface area contributed by atoms with Gasteiger partial charge in [0.15, 0.2) is 9.75 Å². The second kappa shape index (κ2) is 3.96. The van der Waals surface area contributed by atoms with Gasteiger partial charge in [-0.2, -0.15) is 0 Å².